The number of pyridine rings is 1. The number of benzene rings is 1. The van der Waals surface area contributed by atoms with Crippen LogP contribution >= 0.6 is 0 Å². The van der Waals surface area contributed by atoms with E-state index in [2.05, 4.69) is 10.1 Å². The van der Waals surface area contributed by atoms with Gasteiger partial charge in [-0.05, 0) is 24.3 Å². The standard InChI is InChI=1S/C19H17F3N4O3S/c1-25(2)11-15-16(24-26(18(15)27)14-6-4-3-5-7-14)12-30(28,29)17-9-8-13(10-23-17)19(20,21)22/h3-11H,12H2,1-2H3/b15-11-. The summed E-state index contributed by atoms with van der Waals surface area (Å²) in [6.45, 7) is 0. The van der Waals surface area contributed by atoms with E-state index in [0.717, 1.165) is 11.1 Å². The van der Waals surface area contributed by atoms with Crippen LogP contribution in [0.3, 0.4) is 0 Å². The summed E-state index contributed by atoms with van der Waals surface area (Å²) in [7, 11) is -0.828. The zero-order valence-corrected chi connectivity index (χ0v) is 16.8. The van der Waals surface area contributed by atoms with Gasteiger partial charge in [-0.25, -0.2) is 13.4 Å². The number of hydrogen-bond donors (Lipinski definition) is 0. The fourth-order valence-electron chi connectivity index (χ4n) is 2.68. The Morgan fingerprint density at radius 2 is 1.77 bits per heavy atom. The lowest BCUT2D eigenvalue weighted by molar-refractivity contribution is -0.137. The van der Waals surface area contributed by atoms with Gasteiger partial charge in [0.2, 0.25) is 9.84 Å². The van der Waals surface area contributed by atoms with Gasteiger partial charge in [-0.1, -0.05) is 18.2 Å². The summed E-state index contributed by atoms with van der Waals surface area (Å²) < 4.78 is 63.6. The minimum Gasteiger partial charge on any atom is -0.383 e. The van der Waals surface area contributed by atoms with Gasteiger partial charge in [0.05, 0.1) is 22.5 Å². The highest BCUT2D eigenvalue weighted by Crippen LogP contribution is 2.29. The van der Waals surface area contributed by atoms with E-state index in [1.54, 1.807) is 49.3 Å². The molecule has 0 spiro atoms. The van der Waals surface area contributed by atoms with E-state index >= 15 is 0 Å². The highest BCUT2D eigenvalue weighted by atomic mass is 32.2. The predicted octanol–water partition coefficient (Wildman–Crippen LogP) is 2.72. The van der Waals surface area contributed by atoms with Crippen LogP contribution in [0.5, 0.6) is 0 Å². The van der Waals surface area contributed by atoms with Gasteiger partial charge < -0.3 is 4.90 Å². The fourth-order valence-corrected chi connectivity index (χ4v) is 3.89. The van der Waals surface area contributed by atoms with Crippen LogP contribution in [-0.4, -0.2) is 49.8 Å². The topological polar surface area (TPSA) is 82.9 Å². The van der Waals surface area contributed by atoms with Gasteiger partial charge in [0.25, 0.3) is 5.91 Å². The number of hydrogen-bond acceptors (Lipinski definition) is 6. The van der Waals surface area contributed by atoms with Crippen LogP contribution in [0, 0.1) is 0 Å². The van der Waals surface area contributed by atoms with Crippen molar-refractivity contribution >= 4 is 27.1 Å². The number of hydrazone groups is 1. The molecule has 2 heterocycles. The Hall–Kier alpha value is -3.21. The van der Waals surface area contributed by atoms with Gasteiger partial charge in [0.15, 0.2) is 5.03 Å². The Morgan fingerprint density at radius 1 is 1.10 bits per heavy atom. The second-order valence-electron chi connectivity index (χ2n) is 6.65. The number of alkyl halides is 3. The lowest BCUT2D eigenvalue weighted by Gasteiger charge is -2.12. The quantitative estimate of drug-likeness (QED) is 0.671. The largest absolute Gasteiger partial charge is 0.417 e. The number of para-hydroxylation sites is 1. The van der Waals surface area contributed by atoms with Crippen molar-refractivity contribution < 1.29 is 26.4 Å². The van der Waals surface area contributed by atoms with Gasteiger partial charge in [-0.2, -0.15) is 23.3 Å². The number of rotatable bonds is 5. The molecule has 30 heavy (non-hydrogen) atoms. The molecule has 0 fully saturated rings. The Morgan fingerprint density at radius 3 is 2.30 bits per heavy atom. The molecule has 11 heteroatoms. The molecule has 0 N–H and O–H groups in total. The molecule has 0 radical (unpaired) electrons. The molecule has 1 aromatic carbocycles. The smallest absolute Gasteiger partial charge is 0.383 e. The summed E-state index contributed by atoms with van der Waals surface area (Å²) in [5.74, 6) is -1.21. The van der Waals surface area contributed by atoms with Crippen LogP contribution in [-0.2, 0) is 20.8 Å². The van der Waals surface area contributed by atoms with Crippen molar-refractivity contribution in [2.75, 3.05) is 24.9 Å². The van der Waals surface area contributed by atoms with Crippen LogP contribution in [0.2, 0.25) is 0 Å². The highest BCUT2D eigenvalue weighted by Gasteiger charge is 2.35. The van der Waals surface area contributed by atoms with E-state index < -0.39 is 38.3 Å². The molecule has 158 valence electrons. The molecule has 1 aromatic heterocycles. The highest BCUT2D eigenvalue weighted by molar-refractivity contribution is 7.92. The van der Waals surface area contributed by atoms with Crippen LogP contribution in [0.1, 0.15) is 5.56 Å². The number of sulfone groups is 1. The van der Waals surface area contributed by atoms with E-state index in [-0.39, 0.29) is 11.3 Å². The van der Waals surface area contributed by atoms with Crippen molar-refractivity contribution in [1.82, 2.24) is 9.88 Å². The number of nitrogens with zero attached hydrogens (tertiary/aromatic N) is 4. The minimum absolute atomic E-state index is 0.0285. The number of amides is 1. The van der Waals surface area contributed by atoms with Gasteiger partial charge >= 0.3 is 6.18 Å². The third kappa shape index (κ3) is 4.51. The first kappa shape index (κ1) is 21.5. The van der Waals surface area contributed by atoms with Gasteiger partial charge in [0.1, 0.15) is 5.75 Å². The van der Waals surface area contributed by atoms with E-state index in [1.165, 1.54) is 6.20 Å². The summed E-state index contributed by atoms with van der Waals surface area (Å²) in [6, 6.07) is 9.88. The Kier molecular flexibility index (Phi) is 5.66. The second kappa shape index (κ2) is 7.90. The molecule has 1 amide bonds. The summed E-state index contributed by atoms with van der Waals surface area (Å²) in [4.78, 5) is 17.8. The fraction of sp³-hybridized carbons (Fsp3) is 0.211. The summed E-state index contributed by atoms with van der Waals surface area (Å²) in [5.41, 5.74) is -0.566. The average Bonchev–Trinajstić information content (AvgIpc) is 2.97. The van der Waals surface area contributed by atoms with Gasteiger partial charge in [-0.15, -0.1) is 0 Å². The van der Waals surface area contributed by atoms with E-state index in [9.17, 15) is 26.4 Å². The third-order valence-electron chi connectivity index (χ3n) is 4.05. The van der Waals surface area contributed by atoms with E-state index in [1.807, 2.05) is 0 Å². The van der Waals surface area contributed by atoms with Crippen molar-refractivity contribution in [3.63, 3.8) is 0 Å². The van der Waals surface area contributed by atoms with Crippen LogP contribution < -0.4 is 5.01 Å². The lowest BCUT2D eigenvalue weighted by atomic mass is 10.2. The van der Waals surface area contributed by atoms with Crippen LogP contribution in [0.15, 0.2) is 70.6 Å². The minimum atomic E-state index is -4.63. The Balaban J connectivity index is 1.96. The van der Waals surface area contributed by atoms with Gasteiger partial charge in [-0.3, -0.25) is 4.79 Å². The van der Waals surface area contributed by atoms with Gasteiger partial charge in [0, 0.05) is 26.5 Å². The SMILES string of the molecule is CN(C)/C=C1\C(=O)N(c2ccccc2)N=C1CS(=O)(=O)c1ccc(C(F)(F)F)cn1. The predicted molar refractivity (Wildman–Crippen MR) is 104 cm³/mol. The zero-order valence-electron chi connectivity index (χ0n) is 16.0. The van der Waals surface area contributed by atoms with Crippen molar-refractivity contribution in [3.05, 3.63) is 66.0 Å². The van der Waals surface area contributed by atoms with Crippen molar-refractivity contribution in [1.29, 1.82) is 0 Å². The lowest BCUT2D eigenvalue weighted by Crippen LogP contribution is -2.24. The Bertz CT molecular complexity index is 1110. The van der Waals surface area contributed by atoms with Crippen LogP contribution in [0.4, 0.5) is 18.9 Å². The summed E-state index contributed by atoms with van der Waals surface area (Å²) in [6.07, 6.45) is -2.73. The molecule has 0 saturated heterocycles. The first-order valence-electron chi connectivity index (χ1n) is 8.60. The molecule has 0 aliphatic carbocycles. The third-order valence-corrected chi connectivity index (χ3v) is 5.58. The first-order valence-corrected chi connectivity index (χ1v) is 10.3. The normalized spacial score (nSPS) is 16.2. The van der Waals surface area contributed by atoms with Crippen molar-refractivity contribution in [3.8, 4) is 0 Å². The first-order chi connectivity index (χ1) is 14.0. The molecule has 0 atom stereocenters. The average molecular weight is 438 g/mol. The molecule has 1 aliphatic heterocycles. The molecule has 3 rings (SSSR count). The van der Waals surface area contributed by atoms with Crippen molar-refractivity contribution in [2.24, 2.45) is 5.10 Å². The maximum absolute atomic E-state index is 12.8. The molecule has 0 saturated carbocycles. The number of carbonyl (C=O) groups excluding carboxylic acids is 1. The monoisotopic (exact) mass is 438 g/mol. The number of aromatic nitrogens is 1. The van der Waals surface area contributed by atoms with E-state index in [4.69, 9.17) is 0 Å². The van der Waals surface area contributed by atoms with E-state index in [0.29, 0.717) is 18.0 Å². The maximum Gasteiger partial charge on any atom is 0.417 e. The van der Waals surface area contributed by atoms with Crippen LogP contribution in [0.25, 0.3) is 0 Å². The molecule has 0 bridgehead atoms. The number of carbonyl (C=O) groups is 1. The Labute approximate surface area is 171 Å². The maximum atomic E-state index is 12.8. The summed E-state index contributed by atoms with van der Waals surface area (Å²) >= 11 is 0. The van der Waals surface area contributed by atoms with Crippen molar-refractivity contribution in [2.45, 2.75) is 11.2 Å². The number of halogens is 3. The molecule has 2 aromatic rings. The molecule has 0 unspecified atom stereocenters. The summed E-state index contributed by atoms with van der Waals surface area (Å²) in [5, 5.41) is 4.71. The zero-order chi connectivity index (χ0) is 22.1. The molecule has 7 nitrogen and oxygen atoms in total. The number of anilines is 1. The molecule has 1 aliphatic rings. The molecular formula is C19H17F3N4O3S. The second-order valence-corrected chi connectivity index (χ2v) is 8.58. The molecular weight excluding hydrogens is 421 g/mol.